The smallest absolute Gasteiger partial charge is 0.181 e. The fourth-order valence-corrected chi connectivity index (χ4v) is 3.07. The van der Waals surface area contributed by atoms with Crippen LogP contribution in [0.5, 0.6) is 0 Å². The van der Waals surface area contributed by atoms with Crippen molar-refractivity contribution in [2.45, 2.75) is 31.1 Å². The number of benzene rings is 1. The van der Waals surface area contributed by atoms with Crippen molar-refractivity contribution in [3.63, 3.8) is 0 Å². The molecule has 1 fully saturated rings. The zero-order valence-corrected chi connectivity index (χ0v) is 9.99. The van der Waals surface area contributed by atoms with Gasteiger partial charge in [-0.3, -0.25) is 0 Å². The highest BCUT2D eigenvalue weighted by Gasteiger charge is 2.22. The molecule has 1 N–H and O–H groups in total. The zero-order chi connectivity index (χ0) is 11.5. The predicted molar refractivity (Wildman–Crippen MR) is 64.9 cm³/mol. The molecule has 0 saturated carbocycles. The molecule has 0 radical (unpaired) electrons. The van der Waals surface area contributed by atoms with Crippen molar-refractivity contribution in [1.82, 2.24) is 0 Å². The summed E-state index contributed by atoms with van der Waals surface area (Å²) in [5.41, 5.74) is 0.277. The first-order valence-corrected chi connectivity index (χ1v) is 6.55. The fraction of sp³-hybridized carbons (Fsp3) is 0.500. The van der Waals surface area contributed by atoms with Crippen LogP contribution < -0.4 is 5.32 Å². The lowest BCUT2D eigenvalue weighted by atomic mass is 10.1. The SMILES string of the molecule is CC1SCCCC1Nc1cccc(F)c1F. The topological polar surface area (TPSA) is 12.0 Å². The number of hydrogen-bond acceptors (Lipinski definition) is 2. The van der Waals surface area contributed by atoms with Crippen molar-refractivity contribution in [2.75, 3.05) is 11.1 Å². The first kappa shape index (κ1) is 11.7. The molecule has 2 rings (SSSR count). The molecule has 2 unspecified atom stereocenters. The number of nitrogens with one attached hydrogen (secondary N) is 1. The van der Waals surface area contributed by atoms with Crippen LogP contribution in [0.2, 0.25) is 0 Å². The van der Waals surface area contributed by atoms with E-state index in [-0.39, 0.29) is 11.7 Å². The third kappa shape index (κ3) is 2.48. The Morgan fingerprint density at radius 3 is 2.94 bits per heavy atom. The van der Waals surface area contributed by atoms with E-state index in [4.69, 9.17) is 0 Å². The number of rotatable bonds is 2. The minimum absolute atomic E-state index is 0.232. The van der Waals surface area contributed by atoms with Crippen LogP contribution in [0.25, 0.3) is 0 Å². The maximum atomic E-state index is 13.4. The Morgan fingerprint density at radius 2 is 2.19 bits per heavy atom. The summed E-state index contributed by atoms with van der Waals surface area (Å²) in [7, 11) is 0. The van der Waals surface area contributed by atoms with E-state index >= 15 is 0 Å². The molecule has 1 nitrogen and oxygen atoms in total. The largest absolute Gasteiger partial charge is 0.379 e. The summed E-state index contributed by atoms with van der Waals surface area (Å²) in [5, 5.41) is 3.55. The molecule has 16 heavy (non-hydrogen) atoms. The standard InChI is InChI=1S/C12H15F2NS/c1-8-10(6-3-7-16-8)15-11-5-2-4-9(13)12(11)14/h2,4-5,8,10,15H,3,6-7H2,1H3. The highest BCUT2D eigenvalue weighted by molar-refractivity contribution is 8.00. The quantitative estimate of drug-likeness (QED) is 0.850. The normalized spacial score (nSPS) is 25.4. The lowest BCUT2D eigenvalue weighted by Gasteiger charge is -2.30. The molecule has 2 atom stereocenters. The molecule has 0 aliphatic carbocycles. The molecule has 1 heterocycles. The van der Waals surface area contributed by atoms with Gasteiger partial charge in [0.05, 0.1) is 5.69 Å². The number of thioether (sulfide) groups is 1. The van der Waals surface area contributed by atoms with Gasteiger partial charge in [0.15, 0.2) is 11.6 Å². The average Bonchev–Trinajstić information content (AvgIpc) is 2.28. The maximum Gasteiger partial charge on any atom is 0.181 e. The zero-order valence-electron chi connectivity index (χ0n) is 9.17. The Hall–Kier alpha value is -0.770. The number of halogens is 2. The number of anilines is 1. The Balaban J connectivity index is 2.10. The van der Waals surface area contributed by atoms with E-state index in [1.165, 1.54) is 6.07 Å². The van der Waals surface area contributed by atoms with Crippen LogP contribution in [0.4, 0.5) is 14.5 Å². The predicted octanol–water partition coefficient (Wildman–Crippen LogP) is 3.66. The fourth-order valence-electron chi connectivity index (χ4n) is 1.93. The van der Waals surface area contributed by atoms with E-state index in [0.29, 0.717) is 5.25 Å². The molecule has 0 spiro atoms. The van der Waals surface area contributed by atoms with Crippen LogP contribution in [-0.4, -0.2) is 17.0 Å². The third-order valence-corrected chi connectivity index (χ3v) is 4.28. The van der Waals surface area contributed by atoms with E-state index in [9.17, 15) is 8.78 Å². The molecule has 1 aromatic carbocycles. The summed E-state index contributed by atoms with van der Waals surface area (Å²) in [4.78, 5) is 0. The lowest BCUT2D eigenvalue weighted by Crippen LogP contribution is -2.33. The molecular formula is C12H15F2NS. The first-order chi connectivity index (χ1) is 7.68. The minimum Gasteiger partial charge on any atom is -0.379 e. The molecule has 1 saturated heterocycles. The van der Waals surface area contributed by atoms with E-state index in [1.807, 2.05) is 11.8 Å². The van der Waals surface area contributed by atoms with Crippen molar-refractivity contribution in [3.05, 3.63) is 29.8 Å². The second kappa shape index (κ2) is 5.04. The summed E-state index contributed by atoms with van der Waals surface area (Å²) in [6.07, 6.45) is 2.15. The van der Waals surface area contributed by atoms with E-state index < -0.39 is 11.6 Å². The Labute approximate surface area is 98.6 Å². The summed E-state index contributed by atoms with van der Waals surface area (Å²) in [6, 6.07) is 4.49. The molecule has 1 aromatic rings. The van der Waals surface area contributed by atoms with E-state index in [0.717, 1.165) is 24.7 Å². The van der Waals surface area contributed by atoms with Crippen LogP contribution in [0.1, 0.15) is 19.8 Å². The van der Waals surface area contributed by atoms with E-state index in [2.05, 4.69) is 12.2 Å². The Bertz CT molecular complexity index is 370. The summed E-state index contributed by atoms with van der Waals surface area (Å²) in [6.45, 7) is 2.12. The van der Waals surface area contributed by atoms with E-state index in [1.54, 1.807) is 6.07 Å². The van der Waals surface area contributed by atoms with Gasteiger partial charge >= 0.3 is 0 Å². The van der Waals surface area contributed by atoms with Gasteiger partial charge in [0.2, 0.25) is 0 Å². The lowest BCUT2D eigenvalue weighted by molar-refractivity contribution is 0.507. The van der Waals surface area contributed by atoms with Gasteiger partial charge in [-0.25, -0.2) is 8.78 Å². The molecule has 0 bridgehead atoms. The highest BCUT2D eigenvalue weighted by Crippen LogP contribution is 2.28. The maximum absolute atomic E-state index is 13.4. The van der Waals surface area contributed by atoms with Gasteiger partial charge in [-0.15, -0.1) is 0 Å². The van der Waals surface area contributed by atoms with Crippen LogP contribution in [0.3, 0.4) is 0 Å². The summed E-state index contributed by atoms with van der Waals surface area (Å²) >= 11 is 1.88. The molecule has 0 aromatic heterocycles. The van der Waals surface area contributed by atoms with Gasteiger partial charge in [0.25, 0.3) is 0 Å². The van der Waals surface area contributed by atoms with Gasteiger partial charge in [-0.05, 0) is 30.7 Å². The Kier molecular flexibility index (Phi) is 3.69. The van der Waals surface area contributed by atoms with Gasteiger partial charge in [-0.1, -0.05) is 13.0 Å². The molecular weight excluding hydrogens is 228 g/mol. The van der Waals surface area contributed by atoms with Crippen molar-refractivity contribution < 1.29 is 8.78 Å². The molecule has 0 amide bonds. The van der Waals surface area contributed by atoms with Crippen LogP contribution >= 0.6 is 11.8 Å². The van der Waals surface area contributed by atoms with Gasteiger partial charge in [0.1, 0.15) is 0 Å². The number of hydrogen-bond donors (Lipinski definition) is 1. The molecule has 1 aliphatic rings. The van der Waals surface area contributed by atoms with Crippen molar-refractivity contribution in [1.29, 1.82) is 0 Å². The van der Waals surface area contributed by atoms with Crippen molar-refractivity contribution in [2.24, 2.45) is 0 Å². The third-order valence-electron chi connectivity index (χ3n) is 2.90. The van der Waals surface area contributed by atoms with Crippen LogP contribution in [0, 0.1) is 11.6 Å². The Morgan fingerprint density at radius 1 is 1.38 bits per heavy atom. The first-order valence-electron chi connectivity index (χ1n) is 5.50. The highest BCUT2D eigenvalue weighted by atomic mass is 32.2. The second-order valence-corrected chi connectivity index (χ2v) is 5.56. The van der Waals surface area contributed by atoms with Gasteiger partial charge in [0, 0.05) is 11.3 Å². The summed E-state index contributed by atoms with van der Waals surface area (Å²) < 4.78 is 26.4. The molecule has 4 heteroatoms. The van der Waals surface area contributed by atoms with Gasteiger partial charge in [-0.2, -0.15) is 11.8 Å². The minimum atomic E-state index is -0.791. The van der Waals surface area contributed by atoms with Crippen molar-refractivity contribution in [3.8, 4) is 0 Å². The second-order valence-electron chi connectivity index (χ2n) is 4.07. The van der Waals surface area contributed by atoms with Crippen molar-refractivity contribution >= 4 is 17.4 Å². The molecule has 1 aliphatic heterocycles. The average molecular weight is 243 g/mol. The monoisotopic (exact) mass is 243 g/mol. The molecule has 88 valence electrons. The van der Waals surface area contributed by atoms with Gasteiger partial charge < -0.3 is 5.32 Å². The summed E-state index contributed by atoms with van der Waals surface area (Å²) in [5.74, 6) is -0.406. The van der Waals surface area contributed by atoms with Crippen LogP contribution in [0.15, 0.2) is 18.2 Å². The van der Waals surface area contributed by atoms with Crippen LogP contribution in [-0.2, 0) is 0 Å².